The number of nitrogens with one attached hydrogen (secondary N) is 1. The molecule has 162 valence electrons. The zero-order valence-electron chi connectivity index (χ0n) is 17.3. The van der Waals surface area contributed by atoms with Crippen LogP contribution in [0.4, 0.5) is 0 Å². The van der Waals surface area contributed by atoms with Crippen LogP contribution in [0.3, 0.4) is 0 Å². The van der Waals surface area contributed by atoms with Gasteiger partial charge in [-0.2, -0.15) is 4.31 Å². The van der Waals surface area contributed by atoms with Gasteiger partial charge < -0.3 is 5.32 Å². The van der Waals surface area contributed by atoms with Crippen LogP contribution in [-0.2, 0) is 27.8 Å². The number of sulfonamides is 1. The van der Waals surface area contributed by atoms with E-state index >= 15 is 0 Å². The second-order valence-corrected chi connectivity index (χ2v) is 10.1. The monoisotopic (exact) mass is 500 g/mol. The van der Waals surface area contributed by atoms with E-state index in [4.69, 9.17) is 0 Å². The van der Waals surface area contributed by atoms with Gasteiger partial charge in [-0.3, -0.25) is 4.79 Å². The highest BCUT2D eigenvalue weighted by atomic mass is 79.9. The highest BCUT2D eigenvalue weighted by Crippen LogP contribution is 2.19. The van der Waals surface area contributed by atoms with Crippen LogP contribution in [0.15, 0.2) is 88.2 Å². The number of hydrogen-bond acceptors (Lipinski definition) is 3. The molecule has 0 saturated heterocycles. The molecule has 0 heterocycles. The Labute approximate surface area is 192 Å². The first-order chi connectivity index (χ1) is 14.8. The molecule has 0 fully saturated rings. The highest BCUT2D eigenvalue weighted by molar-refractivity contribution is 9.10. The molecule has 5 nitrogen and oxygen atoms in total. The molecule has 1 N–H and O–H groups in total. The molecule has 0 radical (unpaired) electrons. The van der Waals surface area contributed by atoms with Crippen molar-refractivity contribution < 1.29 is 13.2 Å². The highest BCUT2D eigenvalue weighted by Gasteiger charge is 2.26. The van der Waals surface area contributed by atoms with Crippen LogP contribution in [0.25, 0.3) is 0 Å². The summed E-state index contributed by atoms with van der Waals surface area (Å²) in [6.07, 6.45) is 0.516. The summed E-state index contributed by atoms with van der Waals surface area (Å²) in [6.45, 7) is 2.32. The van der Waals surface area contributed by atoms with Crippen molar-refractivity contribution in [3.05, 3.63) is 100 Å². The number of carbonyl (C=O) groups excluding carboxylic acids is 1. The third-order valence-corrected chi connectivity index (χ3v) is 7.26. The average molecular weight is 501 g/mol. The van der Waals surface area contributed by atoms with Crippen LogP contribution < -0.4 is 5.32 Å². The molecule has 1 amide bonds. The zero-order valence-corrected chi connectivity index (χ0v) is 19.7. The average Bonchev–Trinajstić information content (AvgIpc) is 2.77. The first kappa shape index (κ1) is 23.2. The second-order valence-electron chi connectivity index (χ2n) is 7.29. The van der Waals surface area contributed by atoms with E-state index in [0.29, 0.717) is 13.0 Å². The predicted molar refractivity (Wildman–Crippen MR) is 126 cm³/mol. The van der Waals surface area contributed by atoms with Gasteiger partial charge in [0, 0.05) is 17.6 Å². The van der Waals surface area contributed by atoms with Crippen LogP contribution in [0, 0.1) is 6.92 Å². The van der Waals surface area contributed by atoms with Gasteiger partial charge in [-0.1, -0.05) is 76.1 Å². The first-order valence-electron chi connectivity index (χ1n) is 9.96. The maximum atomic E-state index is 13.2. The Bertz CT molecular complexity index is 1100. The SMILES string of the molecule is Cc1ccc(CNC(=O)CN(CCc2ccccc2)S(=O)(=O)c2ccc(Br)cc2)cc1. The lowest BCUT2D eigenvalue weighted by molar-refractivity contribution is -0.121. The normalized spacial score (nSPS) is 11.5. The second kappa shape index (κ2) is 10.7. The standard InChI is InChI=1S/C24H25BrN2O3S/c1-19-7-9-21(10-8-19)17-26-24(28)18-27(16-15-20-5-3-2-4-6-20)31(29,30)23-13-11-22(25)12-14-23/h2-14H,15-18H2,1H3,(H,26,28). The van der Waals surface area contributed by atoms with Gasteiger partial charge in [0.15, 0.2) is 0 Å². The van der Waals surface area contributed by atoms with E-state index in [-0.39, 0.29) is 23.9 Å². The quantitative estimate of drug-likeness (QED) is 0.476. The molecule has 0 bridgehead atoms. The Hall–Kier alpha value is -2.48. The summed E-state index contributed by atoms with van der Waals surface area (Å²) < 4.78 is 28.5. The van der Waals surface area contributed by atoms with Gasteiger partial charge in [-0.25, -0.2) is 8.42 Å². The summed E-state index contributed by atoms with van der Waals surface area (Å²) >= 11 is 3.33. The maximum Gasteiger partial charge on any atom is 0.243 e. The molecular formula is C24H25BrN2O3S. The molecular weight excluding hydrogens is 476 g/mol. The summed E-state index contributed by atoms with van der Waals surface area (Å²) in [5.41, 5.74) is 3.12. The molecule has 0 aliphatic heterocycles. The largest absolute Gasteiger partial charge is 0.351 e. The number of hydrogen-bond donors (Lipinski definition) is 1. The van der Waals surface area contributed by atoms with Crippen molar-refractivity contribution in [3.8, 4) is 0 Å². The van der Waals surface area contributed by atoms with Crippen molar-refractivity contribution in [1.29, 1.82) is 0 Å². The molecule has 0 unspecified atom stereocenters. The molecule has 0 aliphatic rings. The maximum absolute atomic E-state index is 13.2. The molecule has 7 heteroatoms. The van der Waals surface area contributed by atoms with E-state index in [9.17, 15) is 13.2 Å². The summed E-state index contributed by atoms with van der Waals surface area (Å²) in [5, 5.41) is 2.83. The fourth-order valence-corrected chi connectivity index (χ4v) is 4.72. The van der Waals surface area contributed by atoms with E-state index in [0.717, 1.165) is 21.2 Å². The van der Waals surface area contributed by atoms with Gasteiger partial charge in [0.05, 0.1) is 11.4 Å². The van der Waals surface area contributed by atoms with Gasteiger partial charge in [0.1, 0.15) is 0 Å². The Kier molecular flexibility index (Phi) is 8.01. The van der Waals surface area contributed by atoms with Crippen molar-refractivity contribution in [2.75, 3.05) is 13.1 Å². The lowest BCUT2D eigenvalue weighted by Gasteiger charge is -2.22. The van der Waals surface area contributed by atoms with Crippen molar-refractivity contribution in [2.45, 2.75) is 24.8 Å². The molecule has 3 aromatic rings. The Morgan fingerprint density at radius 1 is 0.903 bits per heavy atom. The smallest absolute Gasteiger partial charge is 0.243 e. The number of nitrogens with zero attached hydrogens (tertiary/aromatic N) is 1. The van der Waals surface area contributed by atoms with E-state index in [1.165, 1.54) is 4.31 Å². The first-order valence-corrected chi connectivity index (χ1v) is 12.2. The number of amides is 1. The number of aryl methyl sites for hydroxylation is 1. The Morgan fingerprint density at radius 3 is 2.19 bits per heavy atom. The number of rotatable bonds is 9. The lowest BCUT2D eigenvalue weighted by Crippen LogP contribution is -2.41. The topological polar surface area (TPSA) is 66.5 Å². The number of halogens is 1. The number of benzene rings is 3. The van der Waals surface area contributed by atoms with Crippen LogP contribution in [-0.4, -0.2) is 31.7 Å². The van der Waals surface area contributed by atoms with Crippen LogP contribution >= 0.6 is 15.9 Å². The summed E-state index contributed by atoms with van der Waals surface area (Å²) in [6, 6.07) is 23.9. The minimum atomic E-state index is -3.82. The van der Waals surface area contributed by atoms with Gasteiger partial charge in [-0.05, 0) is 48.7 Å². The molecule has 0 saturated carbocycles. The molecule has 3 rings (SSSR count). The fraction of sp³-hybridized carbons (Fsp3) is 0.208. The Morgan fingerprint density at radius 2 is 1.55 bits per heavy atom. The summed E-state index contributed by atoms with van der Waals surface area (Å²) in [4.78, 5) is 12.8. The molecule has 3 aromatic carbocycles. The van der Waals surface area contributed by atoms with Crippen molar-refractivity contribution >= 4 is 31.9 Å². The van der Waals surface area contributed by atoms with Crippen molar-refractivity contribution in [1.82, 2.24) is 9.62 Å². The van der Waals surface area contributed by atoms with E-state index in [2.05, 4.69) is 21.2 Å². The van der Waals surface area contributed by atoms with E-state index in [1.54, 1.807) is 24.3 Å². The third kappa shape index (κ3) is 6.75. The minimum absolute atomic E-state index is 0.162. The zero-order chi connectivity index (χ0) is 22.3. The summed E-state index contributed by atoms with van der Waals surface area (Å²) in [5.74, 6) is -0.339. The van der Waals surface area contributed by atoms with Gasteiger partial charge in [0.25, 0.3) is 0 Å². The number of carbonyl (C=O) groups is 1. The van der Waals surface area contributed by atoms with Gasteiger partial charge >= 0.3 is 0 Å². The van der Waals surface area contributed by atoms with Crippen molar-refractivity contribution in [2.24, 2.45) is 0 Å². The lowest BCUT2D eigenvalue weighted by atomic mass is 10.1. The van der Waals surface area contributed by atoms with Crippen molar-refractivity contribution in [3.63, 3.8) is 0 Å². The third-order valence-electron chi connectivity index (χ3n) is 4.87. The molecule has 0 aliphatic carbocycles. The molecule has 0 spiro atoms. The van der Waals surface area contributed by atoms with Gasteiger partial charge in [-0.15, -0.1) is 0 Å². The van der Waals surface area contributed by atoms with Crippen LogP contribution in [0.1, 0.15) is 16.7 Å². The minimum Gasteiger partial charge on any atom is -0.351 e. The van der Waals surface area contributed by atoms with E-state index in [1.807, 2.05) is 61.5 Å². The molecule has 0 atom stereocenters. The van der Waals surface area contributed by atoms with Crippen LogP contribution in [0.5, 0.6) is 0 Å². The fourth-order valence-electron chi connectivity index (χ4n) is 3.06. The van der Waals surface area contributed by atoms with E-state index < -0.39 is 10.0 Å². The van der Waals surface area contributed by atoms with Crippen LogP contribution in [0.2, 0.25) is 0 Å². The Balaban J connectivity index is 1.73. The molecule has 0 aromatic heterocycles. The molecule has 31 heavy (non-hydrogen) atoms. The summed E-state index contributed by atoms with van der Waals surface area (Å²) in [7, 11) is -3.82. The van der Waals surface area contributed by atoms with Gasteiger partial charge in [0.2, 0.25) is 15.9 Å². The predicted octanol–water partition coefficient (Wildman–Crippen LogP) is 4.31.